The highest BCUT2D eigenvalue weighted by atomic mass is 32.2. The number of hydrogen-bond acceptors (Lipinski definition) is 5. The fraction of sp³-hybridized carbons (Fsp3) is 0.900. The van der Waals surface area contributed by atoms with Gasteiger partial charge >= 0.3 is 6.09 Å². The van der Waals surface area contributed by atoms with Gasteiger partial charge in [-0.25, -0.2) is 4.79 Å². The van der Waals surface area contributed by atoms with Crippen molar-refractivity contribution in [1.29, 1.82) is 0 Å². The van der Waals surface area contributed by atoms with E-state index < -0.39 is 10.1 Å². The van der Waals surface area contributed by atoms with Gasteiger partial charge in [-0.3, -0.25) is 4.18 Å². The van der Waals surface area contributed by atoms with Crippen LogP contribution in [0.5, 0.6) is 0 Å². The second-order valence-electron chi connectivity index (χ2n) is 4.04. The first-order valence-electron chi connectivity index (χ1n) is 5.75. The zero-order valence-corrected chi connectivity index (χ0v) is 10.9. The minimum atomic E-state index is -3.46. The van der Waals surface area contributed by atoms with Crippen LogP contribution in [0.4, 0.5) is 4.79 Å². The van der Waals surface area contributed by atoms with Crippen LogP contribution in [0.25, 0.3) is 0 Å². The normalized spacial score (nSPS) is 17.6. The Labute approximate surface area is 102 Å². The monoisotopic (exact) mass is 265 g/mol. The standard InChI is InChI=1S/C10H19NO5S/c1-17(13,14)16-9-8-15-10(12)11-6-4-2-3-5-7-11/h2-9H2,1H3. The smallest absolute Gasteiger partial charge is 0.409 e. The van der Waals surface area contributed by atoms with Crippen molar-refractivity contribution < 1.29 is 22.1 Å². The lowest BCUT2D eigenvalue weighted by atomic mass is 10.2. The molecule has 0 atom stereocenters. The number of rotatable bonds is 4. The molecule has 0 aromatic carbocycles. The number of likely N-dealkylation sites (tertiary alicyclic amines) is 1. The molecule has 1 fully saturated rings. The van der Waals surface area contributed by atoms with Crippen LogP contribution in [0.1, 0.15) is 25.7 Å². The minimum Gasteiger partial charge on any atom is -0.447 e. The van der Waals surface area contributed by atoms with Crippen LogP contribution in [-0.2, 0) is 19.0 Å². The van der Waals surface area contributed by atoms with Gasteiger partial charge < -0.3 is 9.64 Å². The van der Waals surface area contributed by atoms with E-state index in [9.17, 15) is 13.2 Å². The van der Waals surface area contributed by atoms with Gasteiger partial charge in [-0.05, 0) is 12.8 Å². The molecule has 0 bridgehead atoms. The number of carbonyl (C=O) groups is 1. The van der Waals surface area contributed by atoms with E-state index in [1.807, 2.05) is 0 Å². The molecule has 0 aliphatic carbocycles. The summed E-state index contributed by atoms with van der Waals surface area (Å²) in [5.74, 6) is 0. The van der Waals surface area contributed by atoms with Crippen molar-refractivity contribution in [2.24, 2.45) is 0 Å². The molecule has 0 aromatic rings. The maximum atomic E-state index is 11.6. The molecule has 17 heavy (non-hydrogen) atoms. The van der Waals surface area contributed by atoms with E-state index in [2.05, 4.69) is 4.18 Å². The summed E-state index contributed by atoms with van der Waals surface area (Å²) in [7, 11) is -3.46. The Morgan fingerprint density at radius 3 is 2.24 bits per heavy atom. The van der Waals surface area contributed by atoms with Gasteiger partial charge in [0.15, 0.2) is 0 Å². The molecule has 1 amide bonds. The molecule has 1 saturated heterocycles. The average Bonchev–Trinajstić information content (AvgIpc) is 2.51. The molecule has 100 valence electrons. The molecule has 1 aliphatic heterocycles. The van der Waals surface area contributed by atoms with Crippen molar-refractivity contribution >= 4 is 16.2 Å². The molecule has 0 aromatic heterocycles. The number of nitrogens with zero attached hydrogens (tertiary/aromatic N) is 1. The third kappa shape index (κ3) is 6.48. The van der Waals surface area contributed by atoms with Crippen LogP contribution in [0.3, 0.4) is 0 Å². The van der Waals surface area contributed by atoms with Gasteiger partial charge in [-0.1, -0.05) is 12.8 Å². The fourth-order valence-electron chi connectivity index (χ4n) is 1.66. The first-order valence-corrected chi connectivity index (χ1v) is 7.57. The second-order valence-corrected chi connectivity index (χ2v) is 5.69. The first-order chi connectivity index (χ1) is 7.99. The maximum Gasteiger partial charge on any atom is 0.409 e. The third-order valence-corrected chi connectivity index (χ3v) is 3.07. The molecule has 0 saturated carbocycles. The minimum absolute atomic E-state index is 0.0393. The lowest BCUT2D eigenvalue weighted by Gasteiger charge is -2.19. The van der Waals surface area contributed by atoms with E-state index in [1.54, 1.807) is 4.90 Å². The molecule has 0 unspecified atom stereocenters. The largest absolute Gasteiger partial charge is 0.447 e. The summed E-state index contributed by atoms with van der Waals surface area (Å²) in [6.45, 7) is 1.26. The van der Waals surface area contributed by atoms with Crippen LogP contribution < -0.4 is 0 Å². The summed E-state index contributed by atoms with van der Waals surface area (Å²) in [5, 5.41) is 0. The van der Waals surface area contributed by atoms with Gasteiger partial charge in [0.1, 0.15) is 13.2 Å². The predicted octanol–water partition coefficient (Wildman–Crippen LogP) is 0.975. The van der Waals surface area contributed by atoms with E-state index in [1.165, 1.54) is 0 Å². The SMILES string of the molecule is CS(=O)(=O)OCCOC(=O)N1CCCCCC1. The van der Waals surface area contributed by atoms with Crippen LogP contribution in [0, 0.1) is 0 Å². The quantitative estimate of drug-likeness (QED) is 0.559. The predicted molar refractivity (Wildman–Crippen MR) is 62.2 cm³/mol. The van der Waals surface area contributed by atoms with Crippen molar-refractivity contribution in [1.82, 2.24) is 4.90 Å². The summed E-state index contributed by atoms with van der Waals surface area (Å²) in [4.78, 5) is 13.2. The molecule has 1 heterocycles. The van der Waals surface area contributed by atoms with Crippen molar-refractivity contribution in [3.05, 3.63) is 0 Å². The second kappa shape index (κ2) is 6.80. The summed E-state index contributed by atoms with van der Waals surface area (Å²) >= 11 is 0. The highest BCUT2D eigenvalue weighted by Crippen LogP contribution is 2.10. The molecule has 1 rings (SSSR count). The van der Waals surface area contributed by atoms with E-state index in [4.69, 9.17) is 4.74 Å². The molecular weight excluding hydrogens is 246 g/mol. The molecule has 0 N–H and O–H groups in total. The lowest BCUT2D eigenvalue weighted by molar-refractivity contribution is 0.0902. The van der Waals surface area contributed by atoms with Gasteiger partial charge in [0.05, 0.1) is 6.26 Å². The summed E-state index contributed by atoms with van der Waals surface area (Å²) in [6.07, 6.45) is 4.85. The van der Waals surface area contributed by atoms with Crippen molar-refractivity contribution in [3.8, 4) is 0 Å². The fourth-order valence-corrected chi connectivity index (χ4v) is 2.03. The van der Waals surface area contributed by atoms with Gasteiger partial charge in [-0.15, -0.1) is 0 Å². The summed E-state index contributed by atoms with van der Waals surface area (Å²) in [6, 6.07) is 0. The third-order valence-electron chi connectivity index (χ3n) is 2.47. The van der Waals surface area contributed by atoms with Gasteiger partial charge in [-0.2, -0.15) is 8.42 Å². The Bertz CT molecular complexity index is 333. The van der Waals surface area contributed by atoms with Crippen molar-refractivity contribution in [2.75, 3.05) is 32.6 Å². The molecular formula is C10H19NO5S. The van der Waals surface area contributed by atoms with Gasteiger partial charge in [0.2, 0.25) is 0 Å². The number of amides is 1. The van der Waals surface area contributed by atoms with E-state index >= 15 is 0 Å². The van der Waals surface area contributed by atoms with Gasteiger partial charge in [0, 0.05) is 13.1 Å². The Balaban J connectivity index is 2.19. The highest BCUT2D eigenvalue weighted by Gasteiger charge is 2.16. The first kappa shape index (κ1) is 14.2. The van der Waals surface area contributed by atoms with Crippen LogP contribution in [0.2, 0.25) is 0 Å². The van der Waals surface area contributed by atoms with E-state index in [-0.39, 0.29) is 19.3 Å². The van der Waals surface area contributed by atoms with Crippen molar-refractivity contribution in [3.63, 3.8) is 0 Å². The molecule has 0 radical (unpaired) electrons. The van der Waals surface area contributed by atoms with Crippen LogP contribution in [-0.4, -0.2) is 52.0 Å². The van der Waals surface area contributed by atoms with E-state index in [0.29, 0.717) is 13.1 Å². The number of ether oxygens (including phenoxy) is 1. The highest BCUT2D eigenvalue weighted by molar-refractivity contribution is 7.85. The number of hydrogen-bond donors (Lipinski definition) is 0. The van der Waals surface area contributed by atoms with Gasteiger partial charge in [0.25, 0.3) is 10.1 Å². The van der Waals surface area contributed by atoms with Crippen LogP contribution in [0.15, 0.2) is 0 Å². The molecule has 1 aliphatic rings. The Morgan fingerprint density at radius 1 is 1.12 bits per heavy atom. The molecule has 6 nitrogen and oxygen atoms in total. The molecule has 0 spiro atoms. The Morgan fingerprint density at radius 2 is 1.71 bits per heavy atom. The zero-order chi connectivity index (χ0) is 12.7. The average molecular weight is 265 g/mol. The summed E-state index contributed by atoms with van der Waals surface area (Å²) < 4.78 is 30.7. The van der Waals surface area contributed by atoms with Crippen molar-refractivity contribution in [2.45, 2.75) is 25.7 Å². The van der Waals surface area contributed by atoms with Crippen LogP contribution >= 0.6 is 0 Å². The maximum absolute atomic E-state index is 11.6. The number of carbonyl (C=O) groups excluding carboxylic acids is 1. The topological polar surface area (TPSA) is 72.9 Å². The van der Waals surface area contributed by atoms with E-state index in [0.717, 1.165) is 31.9 Å². The zero-order valence-electron chi connectivity index (χ0n) is 10.1. The summed E-state index contributed by atoms with van der Waals surface area (Å²) in [5.41, 5.74) is 0. The Hall–Kier alpha value is -0.820. The lowest BCUT2D eigenvalue weighted by Crippen LogP contribution is -2.33. The molecule has 7 heteroatoms. The Kier molecular flexibility index (Phi) is 5.70.